The van der Waals surface area contributed by atoms with Crippen molar-refractivity contribution in [2.24, 2.45) is 5.92 Å². The van der Waals surface area contributed by atoms with E-state index in [9.17, 15) is 0 Å². The number of nitrogens with zero attached hydrogens (tertiary/aromatic N) is 3. The predicted molar refractivity (Wildman–Crippen MR) is 65.6 cm³/mol. The van der Waals surface area contributed by atoms with Gasteiger partial charge in [-0.1, -0.05) is 6.92 Å². The maximum atomic E-state index is 5.43. The molecule has 1 aromatic heterocycles. The van der Waals surface area contributed by atoms with Gasteiger partial charge in [-0.2, -0.15) is 0 Å². The summed E-state index contributed by atoms with van der Waals surface area (Å²) in [4.78, 5) is 2.39. The molecule has 0 unspecified atom stereocenters. The Balaban J connectivity index is 1.83. The smallest absolute Gasteiger partial charge is 0.230 e. The molecule has 1 fully saturated rings. The van der Waals surface area contributed by atoms with Crippen LogP contribution in [0.2, 0.25) is 0 Å². The van der Waals surface area contributed by atoms with Crippen LogP contribution in [0.4, 0.5) is 0 Å². The van der Waals surface area contributed by atoms with Crippen molar-refractivity contribution >= 4 is 0 Å². The lowest BCUT2D eigenvalue weighted by atomic mass is 9.97. The molecule has 0 amide bonds. The second-order valence-corrected chi connectivity index (χ2v) is 4.74. The Morgan fingerprint density at radius 2 is 2.12 bits per heavy atom. The monoisotopic (exact) mass is 238 g/mol. The number of rotatable bonds is 5. The van der Waals surface area contributed by atoms with Crippen LogP contribution in [0.1, 0.15) is 31.5 Å². The van der Waals surface area contributed by atoms with Gasteiger partial charge in [0.05, 0.1) is 6.54 Å². The SMILES string of the molecule is CCN(Cc1nnc(C)o1)CC1CCNCC1. The highest BCUT2D eigenvalue weighted by Crippen LogP contribution is 2.14. The summed E-state index contributed by atoms with van der Waals surface area (Å²) in [6, 6.07) is 0. The molecule has 0 aromatic carbocycles. The Morgan fingerprint density at radius 3 is 2.71 bits per heavy atom. The van der Waals surface area contributed by atoms with Crippen LogP contribution >= 0.6 is 0 Å². The fourth-order valence-electron chi connectivity index (χ4n) is 2.33. The average molecular weight is 238 g/mol. The highest BCUT2D eigenvalue weighted by atomic mass is 16.4. The highest BCUT2D eigenvalue weighted by Gasteiger charge is 2.17. The largest absolute Gasteiger partial charge is 0.424 e. The lowest BCUT2D eigenvalue weighted by molar-refractivity contribution is 0.191. The molecule has 0 bridgehead atoms. The van der Waals surface area contributed by atoms with Crippen LogP contribution in [-0.2, 0) is 6.54 Å². The molecule has 96 valence electrons. The molecule has 5 heteroatoms. The summed E-state index contributed by atoms with van der Waals surface area (Å²) in [7, 11) is 0. The molecule has 0 spiro atoms. The summed E-state index contributed by atoms with van der Waals surface area (Å²) in [5.41, 5.74) is 0. The fraction of sp³-hybridized carbons (Fsp3) is 0.833. The Bertz CT molecular complexity index is 333. The molecule has 0 atom stereocenters. The van der Waals surface area contributed by atoms with E-state index in [1.54, 1.807) is 0 Å². The van der Waals surface area contributed by atoms with Crippen LogP contribution in [0.5, 0.6) is 0 Å². The molecule has 0 aliphatic carbocycles. The normalized spacial score (nSPS) is 17.8. The summed E-state index contributed by atoms with van der Waals surface area (Å²) in [5, 5.41) is 11.3. The van der Waals surface area contributed by atoms with Gasteiger partial charge in [-0.25, -0.2) is 0 Å². The molecule has 1 aliphatic rings. The lowest BCUT2D eigenvalue weighted by Crippen LogP contribution is -2.36. The Morgan fingerprint density at radius 1 is 1.35 bits per heavy atom. The van der Waals surface area contributed by atoms with Gasteiger partial charge < -0.3 is 9.73 Å². The van der Waals surface area contributed by atoms with E-state index in [4.69, 9.17) is 4.42 Å². The van der Waals surface area contributed by atoms with Gasteiger partial charge in [-0.05, 0) is 38.4 Å². The van der Waals surface area contributed by atoms with Crippen molar-refractivity contribution in [2.45, 2.75) is 33.2 Å². The minimum atomic E-state index is 0.651. The minimum Gasteiger partial charge on any atom is -0.424 e. The zero-order valence-electron chi connectivity index (χ0n) is 10.8. The Hall–Kier alpha value is -0.940. The van der Waals surface area contributed by atoms with E-state index >= 15 is 0 Å². The van der Waals surface area contributed by atoms with Gasteiger partial charge in [0.25, 0.3) is 0 Å². The second kappa shape index (κ2) is 6.12. The van der Waals surface area contributed by atoms with E-state index in [0.717, 1.165) is 44.5 Å². The van der Waals surface area contributed by atoms with Crippen LogP contribution in [0, 0.1) is 12.8 Å². The number of hydrogen-bond donors (Lipinski definition) is 1. The standard InChI is InChI=1S/C12H22N4O/c1-3-16(8-11-4-6-13-7-5-11)9-12-15-14-10(2)17-12/h11,13H,3-9H2,1-2H3. The molecule has 2 heterocycles. The lowest BCUT2D eigenvalue weighted by Gasteiger charge is -2.28. The first-order chi connectivity index (χ1) is 8.28. The number of nitrogens with one attached hydrogen (secondary N) is 1. The topological polar surface area (TPSA) is 54.2 Å². The van der Waals surface area contributed by atoms with Crippen molar-refractivity contribution < 1.29 is 4.42 Å². The van der Waals surface area contributed by atoms with E-state index < -0.39 is 0 Å². The number of piperidine rings is 1. The van der Waals surface area contributed by atoms with Gasteiger partial charge in [0.15, 0.2) is 0 Å². The Kier molecular flexibility index (Phi) is 4.50. The quantitative estimate of drug-likeness (QED) is 0.835. The first-order valence-electron chi connectivity index (χ1n) is 6.50. The number of aryl methyl sites for hydroxylation is 1. The van der Waals surface area contributed by atoms with E-state index in [1.807, 2.05) is 6.92 Å². The van der Waals surface area contributed by atoms with E-state index in [2.05, 4.69) is 27.3 Å². The zero-order valence-corrected chi connectivity index (χ0v) is 10.8. The first-order valence-corrected chi connectivity index (χ1v) is 6.50. The average Bonchev–Trinajstić information content (AvgIpc) is 2.75. The summed E-state index contributed by atoms with van der Waals surface area (Å²) in [6.45, 7) is 9.28. The maximum Gasteiger partial charge on any atom is 0.230 e. The van der Waals surface area contributed by atoms with Crippen LogP contribution in [0.3, 0.4) is 0 Å². The van der Waals surface area contributed by atoms with Gasteiger partial charge in [0, 0.05) is 13.5 Å². The summed E-state index contributed by atoms with van der Waals surface area (Å²) in [5.74, 6) is 2.19. The van der Waals surface area contributed by atoms with Crippen LogP contribution in [-0.4, -0.2) is 41.3 Å². The summed E-state index contributed by atoms with van der Waals surface area (Å²) < 4.78 is 5.43. The van der Waals surface area contributed by atoms with Gasteiger partial charge in [0.1, 0.15) is 0 Å². The zero-order chi connectivity index (χ0) is 12.1. The highest BCUT2D eigenvalue weighted by molar-refractivity contribution is 4.80. The van der Waals surface area contributed by atoms with Crippen molar-refractivity contribution in [3.05, 3.63) is 11.8 Å². The van der Waals surface area contributed by atoms with Crippen molar-refractivity contribution in [1.82, 2.24) is 20.4 Å². The van der Waals surface area contributed by atoms with Gasteiger partial charge in [0.2, 0.25) is 11.8 Å². The molecule has 1 aromatic rings. The van der Waals surface area contributed by atoms with Gasteiger partial charge >= 0.3 is 0 Å². The van der Waals surface area contributed by atoms with Crippen molar-refractivity contribution in [1.29, 1.82) is 0 Å². The van der Waals surface area contributed by atoms with Crippen molar-refractivity contribution in [3.8, 4) is 0 Å². The molecule has 1 aliphatic heterocycles. The molecule has 2 rings (SSSR count). The van der Waals surface area contributed by atoms with Crippen LogP contribution < -0.4 is 5.32 Å². The molecule has 1 N–H and O–H groups in total. The third-order valence-corrected chi connectivity index (χ3v) is 3.35. The van der Waals surface area contributed by atoms with Crippen molar-refractivity contribution in [2.75, 3.05) is 26.2 Å². The molecular formula is C12H22N4O. The summed E-state index contributed by atoms with van der Waals surface area (Å²) in [6.07, 6.45) is 2.55. The van der Waals surface area contributed by atoms with Gasteiger partial charge in [-0.15, -0.1) is 10.2 Å². The van der Waals surface area contributed by atoms with E-state index in [1.165, 1.54) is 12.8 Å². The molecule has 1 saturated heterocycles. The first kappa shape index (κ1) is 12.5. The van der Waals surface area contributed by atoms with Crippen LogP contribution in [0.15, 0.2) is 4.42 Å². The fourth-order valence-corrected chi connectivity index (χ4v) is 2.33. The maximum absolute atomic E-state index is 5.43. The van der Waals surface area contributed by atoms with E-state index in [-0.39, 0.29) is 0 Å². The number of hydrogen-bond acceptors (Lipinski definition) is 5. The third-order valence-electron chi connectivity index (χ3n) is 3.35. The molecule has 0 radical (unpaired) electrons. The van der Waals surface area contributed by atoms with Crippen molar-refractivity contribution in [3.63, 3.8) is 0 Å². The molecule has 0 saturated carbocycles. The Labute approximate surface area is 103 Å². The van der Waals surface area contributed by atoms with Crippen LogP contribution in [0.25, 0.3) is 0 Å². The number of aromatic nitrogens is 2. The summed E-state index contributed by atoms with van der Waals surface area (Å²) >= 11 is 0. The second-order valence-electron chi connectivity index (χ2n) is 4.74. The molecule has 17 heavy (non-hydrogen) atoms. The van der Waals surface area contributed by atoms with E-state index in [0.29, 0.717) is 5.89 Å². The third kappa shape index (κ3) is 3.78. The predicted octanol–water partition coefficient (Wildman–Crippen LogP) is 1.20. The molecular weight excluding hydrogens is 216 g/mol. The molecule has 5 nitrogen and oxygen atoms in total. The van der Waals surface area contributed by atoms with Gasteiger partial charge in [-0.3, -0.25) is 4.90 Å². The minimum absolute atomic E-state index is 0.651.